The van der Waals surface area contributed by atoms with Crippen LogP contribution in [0.3, 0.4) is 0 Å². The standard InChI is InChI=1S/C33H50N6/c1-7-12-30(38-22-25(3)34-26(4)23-38)32-35-29-16-15-27(21-31(29)39(32)8-2)24-37-19-17-33(18-20-37,36(5)6)28-13-10-9-11-14-28/h9-11,13-16,21,25-26,30,34H,7-8,12,17-20,22-24H2,1-6H3. The van der Waals surface area contributed by atoms with Gasteiger partial charge < -0.3 is 9.88 Å². The summed E-state index contributed by atoms with van der Waals surface area (Å²) in [6.45, 7) is 15.6. The fourth-order valence-corrected chi connectivity index (χ4v) is 7.33. The van der Waals surface area contributed by atoms with Crippen LogP contribution in [0.2, 0.25) is 0 Å². The molecule has 6 nitrogen and oxygen atoms in total. The number of hydrogen-bond donors (Lipinski definition) is 1. The van der Waals surface area contributed by atoms with Crippen molar-refractivity contribution in [2.24, 2.45) is 0 Å². The third kappa shape index (κ3) is 5.81. The van der Waals surface area contributed by atoms with Crippen LogP contribution in [0.1, 0.15) is 76.4 Å². The summed E-state index contributed by atoms with van der Waals surface area (Å²) < 4.78 is 2.50. The van der Waals surface area contributed by atoms with Gasteiger partial charge in [-0.1, -0.05) is 49.7 Å². The van der Waals surface area contributed by atoms with Crippen LogP contribution < -0.4 is 5.32 Å². The predicted molar refractivity (Wildman–Crippen MR) is 163 cm³/mol. The normalized spacial score (nSPS) is 23.5. The minimum absolute atomic E-state index is 0.130. The Morgan fingerprint density at radius 1 is 1.00 bits per heavy atom. The molecule has 3 heterocycles. The molecule has 2 saturated heterocycles. The third-order valence-corrected chi connectivity index (χ3v) is 9.30. The molecule has 0 amide bonds. The fraction of sp³-hybridized carbons (Fsp3) is 0.606. The SMILES string of the molecule is CCCC(c1nc2ccc(CN3CCC(c4ccccc4)(N(C)C)CC3)cc2n1CC)N1CC(C)NC(C)C1. The average Bonchev–Trinajstić information content (AvgIpc) is 3.29. The number of hydrogen-bond acceptors (Lipinski definition) is 5. The number of imidazole rings is 1. The third-order valence-electron chi connectivity index (χ3n) is 9.30. The van der Waals surface area contributed by atoms with E-state index in [-0.39, 0.29) is 5.54 Å². The first-order valence-electron chi connectivity index (χ1n) is 15.3. The summed E-state index contributed by atoms with van der Waals surface area (Å²) in [6, 6.07) is 19.5. The highest BCUT2D eigenvalue weighted by atomic mass is 15.3. The summed E-state index contributed by atoms with van der Waals surface area (Å²) in [4.78, 5) is 13.0. The molecule has 1 aromatic heterocycles. The van der Waals surface area contributed by atoms with Gasteiger partial charge in [-0.05, 0) is 77.4 Å². The number of aryl methyl sites for hydroxylation is 1. The number of piperidine rings is 1. The van der Waals surface area contributed by atoms with Crippen LogP contribution in [0.5, 0.6) is 0 Å². The first-order chi connectivity index (χ1) is 18.8. The number of piperazine rings is 1. The number of nitrogens with zero attached hydrogens (tertiary/aromatic N) is 5. The minimum Gasteiger partial charge on any atom is -0.327 e. The number of fused-ring (bicyclic) bond motifs is 1. The van der Waals surface area contributed by atoms with Crippen LogP contribution in [0.25, 0.3) is 11.0 Å². The number of rotatable bonds is 9. The van der Waals surface area contributed by atoms with Gasteiger partial charge in [0.25, 0.3) is 0 Å². The zero-order valence-corrected chi connectivity index (χ0v) is 25.2. The molecule has 0 radical (unpaired) electrons. The highest BCUT2D eigenvalue weighted by Crippen LogP contribution is 2.38. The van der Waals surface area contributed by atoms with Gasteiger partial charge in [0.2, 0.25) is 0 Å². The van der Waals surface area contributed by atoms with Gasteiger partial charge in [0.15, 0.2) is 0 Å². The molecule has 0 spiro atoms. The van der Waals surface area contributed by atoms with E-state index in [2.05, 4.69) is 115 Å². The monoisotopic (exact) mass is 530 g/mol. The highest BCUT2D eigenvalue weighted by Gasteiger charge is 2.38. The van der Waals surface area contributed by atoms with Gasteiger partial charge in [-0.25, -0.2) is 4.98 Å². The summed E-state index contributed by atoms with van der Waals surface area (Å²) in [6.07, 6.45) is 4.63. The zero-order valence-electron chi connectivity index (χ0n) is 25.2. The van der Waals surface area contributed by atoms with Crippen molar-refractivity contribution >= 4 is 11.0 Å². The lowest BCUT2D eigenvalue weighted by Gasteiger charge is -2.46. The fourth-order valence-electron chi connectivity index (χ4n) is 7.33. The van der Waals surface area contributed by atoms with E-state index in [4.69, 9.17) is 4.98 Å². The number of aromatic nitrogens is 2. The van der Waals surface area contributed by atoms with E-state index in [1.807, 2.05) is 0 Å². The summed E-state index contributed by atoms with van der Waals surface area (Å²) in [5, 5.41) is 3.70. The summed E-state index contributed by atoms with van der Waals surface area (Å²) in [5.74, 6) is 1.25. The Morgan fingerprint density at radius 2 is 1.69 bits per heavy atom. The first-order valence-corrected chi connectivity index (χ1v) is 15.3. The molecule has 2 aliphatic heterocycles. The van der Waals surface area contributed by atoms with Crippen LogP contribution in [0, 0.1) is 0 Å². The first kappa shape index (κ1) is 28.3. The Balaban J connectivity index is 1.35. The molecule has 3 unspecified atom stereocenters. The van der Waals surface area contributed by atoms with E-state index < -0.39 is 0 Å². The molecule has 6 heteroatoms. The van der Waals surface area contributed by atoms with Gasteiger partial charge in [-0.15, -0.1) is 0 Å². The Kier molecular flexibility index (Phi) is 8.77. The molecule has 2 aliphatic rings. The van der Waals surface area contributed by atoms with E-state index >= 15 is 0 Å². The lowest BCUT2D eigenvalue weighted by atomic mass is 9.79. The molecule has 39 heavy (non-hydrogen) atoms. The van der Waals surface area contributed by atoms with Crippen molar-refractivity contribution < 1.29 is 0 Å². The van der Waals surface area contributed by atoms with E-state index in [0.717, 1.165) is 64.0 Å². The molecule has 2 fully saturated rings. The van der Waals surface area contributed by atoms with E-state index in [0.29, 0.717) is 18.1 Å². The highest BCUT2D eigenvalue weighted by molar-refractivity contribution is 5.77. The largest absolute Gasteiger partial charge is 0.327 e. The van der Waals surface area contributed by atoms with E-state index in [1.165, 1.54) is 28.9 Å². The lowest BCUT2D eigenvalue weighted by molar-refractivity contribution is 0.0507. The maximum atomic E-state index is 5.27. The van der Waals surface area contributed by atoms with Gasteiger partial charge in [-0.2, -0.15) is 0 Å². The van der Waals surface area contributed by atoms with Crippen LogP contribution in [-0.2, 0) is 18.6 Å². The molecule has 3 atom stereocenters. The smallest absolute Gasteiger partial charge is 0.127 e. The molecule has 5 rings (SSSR count). The van der Waals surface area contributed by atoms with Gasteiger partial charge in [0.1, 0.15) is 5.82 Å². The van der Waals surface area contributed by atoms with Crippen LogP contribution in [-0.4, -0.2) is 76.6 Å². The second-order valence-electron chi connectivity index (χ2n) is 12.3. The van der Waals surface area contributed by atoms with Gasteiger partial charge in [0.05, 0.1) is 17.1 Å². The van der Waals surface area contributed by atoms with E-state index in [1.54, 1.807) is 0 Å². The lowest BCUT2D eigenvalue weighted by Crippen LogP contribution is -2.55. The molecule has 212 valence electrons. The molecule has 3 aromatic rings. The Labute approximate surface area is 236 Å². The van der Waals surface area contributed by atoms with Crippen molar-refractivity contribution in [3.05, 3.63) is 65.5 Å². The molecule has 0 aliphatic carbocycles. The maximum absolute atomic E-state index is 5.27. The molecular formula is C33H50N6. The van der Waals surface area contributed by atoms with Gasteiger partial charge in [0, 0.05) is 56.9 Å². The van der Waals surface area contributed by atoms with Crippen molar-refractivity contribution in [2.45, 2.75) is 90.1 Å². The van der Waals surface area contributed by atoms with Crippen molar-refractivity contribution in [3.63, 3.8) is 0 Å². The second kappa shape index (κ2) is 12.1. The molecular weight excluding hydrogens is 480 g/mol. The molecule has 2 aromatic carbocycles. The number of likely N-dealkylation sites (tertiary alicyclic amines) is 1. The summed E-state index contributed by atoms with van der Waals surface area (Å²) in [5.41, 5.74) is 5.42. The van der Waals surface area contributed by atoms with Crippen molar-refractivity contribution in [1.29, 1.82) is 0 Å². The Morgan fingerprint density at radius 3 is 2.31 bits per heavy atom. The summed E-state index contributed by atoms with van der Waals surface area (Å²) >= 11 is 0. The molecule has 1 N–H and O–H groups in total. The van der Waals surface area contributed by atoms with Crippen molar-refractivity contribution in [1.82, 2.24) is 29.6 Å². The van der Waals surface area contributed by atoms with Crippen LogP contribution in [0.4, 0.5) is 0 Å². The van der Waals surface area contributed by atoms with Crippen LogP contribution in [0.15, 0.2) is 48.5 Å². The van der Waals surface area contributed by atoms with Gasteiger partial charge in [-0.3, -0.25) is 14.7 Å². The zero-order chi connectivity index (χ0) is 27.6. The van der Waals surface area contributed by atoms with Crippen molar-refractivity contribution in [2.75, 3.05) is 40.3 Å². The Bertz CT molecular complexity index is 1200. The average molecular weight is 531 g/mol. The molecule has 0 bridgehead atoms. The topological polar surface area (TPSA) is 39.6 Å². The second-order valence-corrected chi connectivity index (χ2v) is 12.3. The predicted octanol–water partition coefficient (Wildman–Crippen LogP) is 5.63. The Hall–Kier alpha value is -2.25. The summed E-state index contributed by atoms with van der Waals surface area (Å²) in [7, 11) is 4.49. The minimum atomic E-state index is 0.130. The van der Waals surface area contributed by atoms with Crippen molar-refractivity contribution in [3.8, 4) is 0 Å². The number of nitrogens with one attached hydrogen (secondary N) is 1. The maximum Gasteiger partial charge on any atom is 0.127 e. The van der Waals surface area contributed by atoms with Gasteiger partial charge >= 0.3 is 0 Å². The quantitative estimate of drug-likeness (QED) is 0.388. The molecule has 0 saturated carbocycles. The number of benzene rings is 2. The van der Waals surface area contributed by atoms with Crippen LogP contribution >= 0.6 is 0 Å². The van der Waals surface area contributed by atoms with E-state index in [9.17, 15) is 0 Å².